The van der Waals surface area contributed by atoms with Crippen LogP contribution in [-0.4, -0.2) is 115 Å². The van der Waals surface area contributed by atoms with Gasteiger partial charge < -0.3 is 54.2 Å². The van der Waals surface area contributed by atoms with Gasteiger partial charge in [0.1, 0.15) is 19.0 Å². The molecule has 3 aliphatic rings. The molecule has 0 aromatic heterocycles. The van der Waals surface area contributed by atoms with Crippen LogP contribution in [0.5, 0.6) is 0 Å². The van der Waals surface area contributed by atoms with Crippen LogP contribution in [-0.2, 0) is 33.2 Å². The highest BCUT2D eigenvalue weighted by molar-refractivity contribution is 5.82. The molecule has 3 heterocycles. The van der Waals surface area contributed by atoms with Gasteiger partial charge in [-0.15, -0.1) is 0 Å². The van der Waals surface area contributed by atoms with Crippen molar-refractivity contribution in [1.82, 2.24) is 5.32 Å². The summed E-state index contributed by atoms with van der Waals surface area (Å²) in [5.41, 5.74) is -0.601. The lowest BCUT2D eigenvalue weighted by Crippen LogP contribution is -2.69. The van der Waals surface area contributed by atoms with Crippen molar-refractivity contribution in [3.63, 3.8) is 0 Å². The fraction of sp³-hybridized carbons (Fsp3) is 0.957. The summed E-state index contributed by atoms with van der Waals surface area (Å²) >= 11 is 0. The summed E-state index contributed by atoms with van der Waals surface area (Å²) in [7, 11) is 2.85. The van der Waals surface area contributed by atoms with Gasteiger partial charge in [0.2, 0.25) is 5.79 Å². The van der Waals surface area contributed by atoms with E-state index in [-0.39, 0.29) is 25.6 Å². The Morgan fingerprint density at radius 3 is 2.43 bits per heavy atom. The Balaban J connectivity index is 1.79. The highest BCUT2D eigenvalue weighted by Gasteiger charge is 2.57. The van der Waals surface area contributed by atoms with E-state index < -0.39 is 78.8 Å². The number of carbonyl (C=O) groups excluding carboxylic acids is 1. The normalized spacial score (nSPS) is 43.1. The minimum atomic E-state index is -1.77. The third-order valence-corrected chi connectivity index (χ3v) is 7.79. The second-order valence-electron chi connectivity index (χ2n) is 10.4. The Hall–Kier alpha value is -0.930. The number of fused-ring (bicyclic) bond motifs is 1. The van der Waals surface area contributed by atoms with E-state index in [0.29, 0.717) is 0 Å². The molecule has 0 unspecified atom stereocenters. The minimum Gasteiger partial charge on any atom is -0.394 e. The van der Waals surface area contributed by atoms with Crippen LogP contribution >= 0.6 is 0 Å². The van der Waals surface area contributed by atoms with Gasteiger partial charge in [-0.2, -0.15) is 0 Å². The molecule has 12 nitrogen and oxygen atoms in total. The lowest BCUT2D eigenvalue weighted by molar-refractivity contribution is -0.335. The molecule has 35 heavy (non-hydrogen) atoms. The van der Waals surface area contributed by atoms with Gasteiger partial charge in [-0.1, -0.05) is 20.8 Å². The third-order valence-electron chi connectivity index (χ3n) is 7.79. The molecule has 0 saturated carbocycles. The monoisotopic (exact) mass is 507 g/mol. The summed E-state index contributed by atoms with van der Waals surface area (Å²) in [5.74, 6) is -2.77. The van der Waals surface area contributed by atoms with Crippen LogP contribution in [0.3, 0.4) is 0 Å². The lowest BCUT2D eigenvalue weighted by atomic mass is 9.72. The van der Waals surface area contributed by atoms with Gasteiger partial charge in [0.25, 0.3) is 5.91 Å². The van der Waals surface area contributed by atoms with E-state index in [4.69, 9.17) is 28.4 Å². The average molecular weight is 508 g/mol. The maximum Gasteiger partial charge on any atom is 0.256 e. The van der Waals surface area contributed by atoms with Gasteiger partial charge in [-0.05, 0) is 6.92 Å². The molecule has 11 atom stereocenters. The van der Waals surface area contributed by atoms with E-state index in [1.54, 1.807) is 14.0 Å². The SMILES string of the molecule is CO[C@@H]1[C@H]2OCO[C@H](NC(=O)[C@H](O)[C@@]3(OC)C[C@@H](O)[C@@H](C)[C@@H](C)O3)[C@H]2O[C@H](C[C@H](O)CO)C1(C)C. The topological polar surface area (TPSA) is 165 Å². The second-order valence-corrected chi connectivity index (χ2v) is 10.4. The predicted octanol–water partition coefficient (Wildman–Crippen LogP) is -1.14. The Bertz CT molecular complexity index is 710. The van der Waals surface area contributed by atoms with E-state index in [9.17, 15) is 25.2 Å². The average Bonchev–Trinajstić information content (AvgIpc) is 2.82. The number of rotatable bonds is 8. The van der Waals surface area contributed by atoms with Gasteiger partial charge in [0.05, 0.1) is 37.1 Å². The van der Waals surface area contributed by atoms with Crippen molar-refractivity contribution in [2.45, 2.75) is 101 Å². The number of ether oxygens (including phenoxy) is 6. The Labute approximate surface area is 205 Å². The van der Waals surface area contributed by atoms with Gasteiger partial charge >= 0.3 is 0 Å². The van der Waals surface area contributed by atoms with E-state index in [0.717, 1.165) is 0 Å². The zero-order chi connectivity index (χ0) is 26.1. The standard InChI is InChI=1S/C23H41NO11/c1-11-12(2)35-23(31-6,8-14(11)27)18(28)20(29)24-21-17-16(32-10-33-21)19(30-5)22(3,4)15(34-17)7-13(26)9-25/h11-19,21,25-28H,7-10H2,1-6H3,(H,24,29)/t11-,12+,13-,14+,15+,16-,17-,18-,19+,21-,23+/m0/s1. The van der Waals surface area contributed by atoms with Gasteiger partial charge in [0, 0.05) is 38.4 Å². The fourth-order valence-electron chi connectivity index (χ4n) is 5.27. The van der Waals surface area contributed by atoms with Crippen LogP contribution in [0.2, 0.25) is 0 Å². The molecule has 0 aromatic carbocycles. The van der Waals surface area contributed by atoms with Gasteiger partial charge in [-0.25, -0.2) is 0 Å². The van der Waals surface area contributed by atoms with Crippen molar-refractivity contribution in [2.24, 2.45) is 11.3 Å². The van der Waals surface area contributed by atoms with Gasteiger partial charge in [0.15, 0.2) is 12.3 Å². The van der Waals surface area contributed by atoms with Crippen molar-refractivity contribution in [1.29, 1.82) is 0 Å². The van der Waals surface area contributed by atoms with Crippen LogP contribution in [0.15, 0.2) is 0 Å². The van der Waals surface area contributed by atoms with Crippen LogP contribution in [0.1, 0.15) is 40.5 Å². The molecule has 0 aromatic rings. The van der Waals surface area contributed by atoms with Crippen LogP contribution in [0.4, 0.5) is 0 Å². The van der Waals surface area contributed by atoms with Crippen molar-refractivity contribution in [3.05, 3.63) is 0 Å². The number of hydrogen-bond acceptors (Lipinski definition) is 11. The summed E-state index contributed by atoms with van der Waals surface area (Å²) in [4.78, 5) is 13.1. The number of amides is 1. The predicted molar refractivity (Wildman–Crippen MR) is 120 cm³/mol. The summed E-state index contributed by atoms with van der Waals surface area (Å²) < 4.78 is 34.7. The quantitative estimate of drug-likeness (QED) is 0.270. The first kappa shape index (κ1) is 28.6. The lowest BCUT2D eigenvalue weighted by Gasteiger charge is -2.54. The molecule has 0 bridgehead atoms. The molecule has 3 saturated heterocycles. The first-order valence-corrected chi connectivity index (χ1v) is 12.0. The molecule has 1 amide bonds. The van der Waals surface area contributed by atoms with Crippen LogP contribution < -0.4 is 5.32 Å². The summed E-state index contributed by atoms with van der Waals surface area (Å²) in [6.45, 7) is 6.81. The Morgan fingerprint density at radius 1 is 1.17 bits per heavy atom. The number of aliphatic hydroxyl groups is 4. The molecule has 12 heteroatoms. The van der Waals surface area contributed by atoms with Gasteiger partial charge in [-0.3, -0.25) is 4.79 Å². The largest absolute Gasteiger partial charge is 0.394 e. The second kappa shape index (κ2) is 11.2. The van der Waals surface area contributed by atoms with Crippen molar-refractivity contribution < 1.29 is 53.6 Å². The van der Waals surface area contributed by atoms with Crippen LogP contribution in [0.25, 0.3) is 0 Å². The molecule has 0 spiro atoms. The van der Waals surface area contributed by atoms with E-state index in [2.05, 4.69) is 5.32 Å². The zero-order valence-electron chi connectivity index (χ0n) is 21.2. The maximum absolute atomic E-state index is 13.1. The number of hydrogen-bond donors (Lipinski definition) is 5. The number of carbonyl (C=O) groups is 1. The first-order chi connectivity index (χ1) is 16.4. The molecule has 5 N–H and O–H groups in total. The summed E-state index contributed by atoms with van der Waals surface area (Å²) in [6.07, 6.45) is -7.54. The molecular formula is C23H41NO11. The fourth-order valence-corrected chi connectivity index (χ4v) is 5.27. The smallest absolute Gasteiger partial charge is 0.256 e. The molecule has 3 rings (SSSR count). The highest BCUT2D eigenvalue weighted by Crippen LogP contribution is 2.43. The molecule has 0 aliphatic carbocycles. The Kier molecular flexibility index (Phi) is 9.18. The minimum absolute atomic E-state index is 0.0954. The summed E-state index contributed by atoms with van der Waals surface area (Å²) in [5, 5.41) is 43.4. The third kappa shape index (κ3) is 5.52. The first-order valence-electron chi connectivity index (χ1n) is 12.0. The maximum atomic E-state index is 13.1. The Morgan fingerprint density at radius 2 is 1.86 bits per heavy atom. The van der Waals surface area contributed by atoms with Crippen molar-refractivity contribution in [3.8, 4) is 0 Å². The highest BCUT2D eigenvalue weighted by atomic mass is 16.7. The van der Waals surface area contributed by atoms with Crippen molar-refractivity contribution in [2.75, 3.05) is 27.6 Å². The van der Waals surface area contributed by atoms with Crippen LogP contribution in [0, 0.1) is 11.3 Å². The molecule has 3 aliphatic heterocycles. The summed E-state index contributed by atoms with van der Waals surface area (Å²) in [6, 6.07) is 0. The van der Waals surface area contributed by atoms with E-state index >= 15 is 0 Å². The zero-order valence-corrected chi connectivity index (χ0v) is 21.2. The molecule has 204 valence electrons. The molecule has 0 radical (unpaired) electrons. The van der Waals surface area contributed by atoms with Crippen molar-refractivity contribution >= 4 is 5.91 Å². The molecule has 3 fully saturated rings. The van der Waals surface area contributed by atoms with E-state index in [1.165, 1.54) is 7.11 Å². The number of methoxy groups -OCH3 is 2. The molecular weight excluding hydrogens is 466 g/mol. The van der Waals surface area contributed by atoms with E-state index in [1.807, 2.05) is 20.8 Å². The number of nitrogens with one attached hydrogen (secondary N) is 1. The number of aliphatic hydroxyl groups excluding tert-OH is 4.